The van der Waals surface area contributed by atoms with E-state index in [4.69, 9.17) is 0 Å². The van der Waals surface area contributed by atoms with Crippen molar-refractivity contribution >= 4 is 22.9 Å². The molecule has 0 bridgehead atoms. The molecule has 9 nitrogen and oxygen atoms in total. The minimum atomic E-state index is 0.0635. The Bertz CT molecular complexity index is 736. The molecule has 2 aromatic rings. The molecule has 4 heterocycles. The Labute approximate surface area is 140 Å². The van der Waals surface area contributed by atoms with Gasteiger partial charge in [0.2, 0.25) is 0 Å². The predicted molar refractivity (Wildman–Crippen MR) is 89.9 cm³/mol. The van der Waals surface area contributed by atoms with Crippen LogP contribution in [0.25, 0.3) is 11.0 Å². The summed E-state index contributed by atoms with van der Waals surface area (Å²) in [5.41, 5.74) is 0.863. The van der Waals surface area contributed by atoms with E-state index in [0.29, 0.717) is 0 Å². The van der Waals surface area contributed by atoms with E-state index in [2.05, 4.69) is 30.2 Å². The molecule has 0 spiro atoms. The number of nitrogens with one attached hydrogen (secondary N) is 1. The molecule has 2 fully saturated rings. The van der Waals surface area contributed by atoms with Crippen molar-refractivity contribution in [2.45, 2.75) is 0 Å². The number of hydrogen-bond acceptors (Lipinski definition) is 6. The third-order valence-electron chi connectivity index (χ3n) is 4.81. The van der Waals surface area contributed by atoms with Crippen LogP contribution in [0.4, 0.5) is 10.6 Å². The average molecular weight is 330 g/mol. The predicted octanol–water partition coefficient (Wildman–Crippen LogP) is -0.489. The molecule has 0 radical (unpaired) electrons. The van der Waals surface area contributed by atoms with E-state index in [1.165, 1.54) is 0 Å². The van der Waals surface area contributed by atoms with Crippen molar-refractivity contribution in [3.8, 4) is 0 Å². The summed E-state index contributed by atoms with van der Waals surface area (Å²) in [6, 6.07) is 0.0635. The molecule has 9 heteroatoms. The van der Waals surface area contributed by atoms with Gasteiger partial charge < -0.3 is 15.1 Å². The van der Waals surface area contributed by atoms with Gasteiger partial charge in [-0.3, -0.25) is 9.58 Å². The molecule has 24 heavy (non-hydrogen) atoms. The Morgan fingerprint density at radius 1 is 1.12 bits per heavy atom. The van der Waals surface area contributed by atoms with Gasteiger partial charge in [-0.15, -0.1) is 0 Å². The maximum Gasteiger partial charge on any atom is 0.317 e. The van der Waals surface area contributed by atoms with Gasteiger partial charge in [-0.2, -0.15) is 5.10 Å². The summed E-state index contributed by atoms with van der Waals surface area (Å²) < 4.78 is 1.78. The summed E-state index contributed by atoms with van der Waals surface area (Å²) in [5.74, 6) is 0.965. The van der Waals surface area contributed by atoms with E-state index in [1.54, 1.807) is 11.0 Å². The number of carbonyl (C=O) groups excluding carboxylic acids is 1. The number of rotatable bonds is 4. The number of aromatic nitrogens is 4. The molecule has 0 aromatic carbocycles. The van der Waals surface area contributed by atoms with Crippen LogP contribution in [0, 0.1) is 0 Å². The quantitative estimate of drug-likeness (QED) is 0.815. The fourth-order valence-electron chi connectivity index (χ4n) is 3.37. The van der Waals surface area contributed by atoms with Crippen molar-refractivity contribution in [3.63, 3.8) is 0 Å². The summed E-state index contributed by atoms with van der Waals surface area (Å²) in [6.45, 7) is 7.10. The fourth-order valence-corrected chi connectivity index (χ4v) is 3.37. The number of urea groups is 1. The zero-order chi connectivity index (χ0) is 16.5. The van der Waals surface area contributed by atoms with E-state index >= 15 is 0 Å². The second-order valence-electron chi connectivity index (χ2n) is 6.25. The van der Waals surface area contributed by atoms with E-state index < -0.39 is 0 Å². The maximum absolute atomic E-state index is 11.6. The van der Waals surface area contributed by atoms with Crippen LogP contribution < -0.4 is 10.2 Å². The summed E-state index contributed by atoms with van der Waals surface area (Å²) in [6.07, 6.45) is 3.45. The minimum Gasteiger partial charge on any atom is -0.353 e. The minimum absolute atomic E-state index is 0.0635. The molecule has 4 rings (SSSR count). The van der Waals surface area contributed by atoms with Crippen LogP contribution in [-0.2, 0) is 7.05 Å². The second kappa shape index (κ2) is 6.23. The van der Waals surface area contributed by atoms with Crippen LogP contribution in [0.2, 0.25) is 0 Å². The lowest BCUT2D eigenvalue weighted by atomic mass is 10.2. The highest BCUT2D eigenvalue weighted by Crippen LogP contribution is 2.23. The number of amides is 2. The lowest BCUT2D eigenvalue weighted by Gasteiger charge is -2.36. The Hall–Kier alpha value is -2.42. The molecule has 2 aromatic heterocycles. The largest absolute Gasteiger partial charge is 0.353 e. The molecule has 0 aliphatic carbocycles. The number of fused-ring (bicyclic) bond motifs is 1. The second-order valence-corrected chi connectivity index (χ2v) is 6.25. The van der Waals surface area contributed by atoms with E-state index in [9.17, 15) is 4.79 Å². The van der Waals surface area contributed by atoms with Gasteiger partial charge in [-0.05, 0) is 0 Å². The Kier molecular flexibility index (Phi) is 3.93. The molecule has 1 N–H and O–H groups in total. The molecular formula is C15H22N8O. The van der Waals surface area contributed by atoms with Crippen LogP contribution in [-0.4, -0.2) is 87.9 Å². The first-order chi connectivity index (χ1) is 11.7. The van der Waals surface area contributed by atoms with Gasteiger partial charge in [0.25, 0.3) is 0 Å². The Balaban J connectivity index is 1.36. The summed E-state index contributed by atoms with van der Waals surface area (Å²) >= 11 is 0. The number of piperazine rings is 1. The number of carbonyl (C=O) groups is 1. The summed E-state index contributed by atoms with van der Waals surface area (Å²) in [4.78, 5) is 26.9. The van der Waals surface area contributed by atoms with Crippen molar-refractivity contribution in [1.82, 2.24) is 34.9 Å². The molecule has 2 aliphatic heterocycles. The number of hydrogen-bond donors (Lipinski definition) is 1. The third-order valence-corrected chi connectivity index (χ3v) is 4.81. The van der Waals surface area contributed by atoms with E-state index in [-0.39, 0.29) is 6.03 Å². The van der Waals surface area contributed by atoms with Gasteiger partial charge in [-0.1, -0.05) is 0 Å². The van der Waals surface area contributed by atoms with Crippen molar-refractivity contribution in [2.75, 3.05) is 57.3 Å². The highest BCUT2D eigenvalue weighted by molar-refractivity contribution is 5.86. The SMILES string of the molecule is Cn1ncc2c(N3CCN(CCN4CCNC4=O)CC3)ncnc21. The van der Waals surface area contributed by atoms with Crippen molar-refractivity contribution in [1.29, 1.82) is 0 Å². The zero-order valence-corrected chi connectivity index (χ0v) is 13.9. The number of nitrogens with zero attached hydrogens (tertiary/aromatic N) is 7. The third kappa shape index (κ3) is 2.75. The highest BCUT2D eigenvalue weighted by atomic mass is 16.2. The van der Waals surface area contributed by atoms with Gasteiger partial charge in [-0.25, -0.2) is 14.8 Å². The zero-order valence-electron chi connectivity index (χ0n) is 13.9. The highest BCUT2D eigenvalue weighted by Gasteiger charge is 2.23. The van der Waals surface area contributed by atoms with E-state index in [1.807, 2.05) is 18.1 Å². The molecule has 0 saturated carbocycles. The fraction of sp³-hybridized carbons (Fsp3) is 0.600. The van der Waals surface area contributed by atoms with Gasteiger partial charge in [0, 0.05) is 59.4 Å². The lowest BCUT2D eigenvalue weighted by molar-refractivity contribution is 0.197. The van der Waals surface area contributed by atoms with Gasteiger partial charge in [0.1, 0.15) is 12.1 Å². The van der Waals surface area contributed by atoms with Crippen LogP contribution in [0.1, 0.15) is 0 Å². The van der Waals surface area contributed by atoms with Crippen LogP contribution in [0.3, 0.4) is 0 Å². The summed E-state index contributed by atoms with van der Waals surface area (Å²) in [7, 11) is 1.89. The van der Waals surface area contributed by atoms with Gasteiger partial charge in [0.05, 0.1) is 11.6 Å². The molecular weight excluding hydrogens is 308 g/mol. The van der Waals surface area contributed by atoms with Gasteiger partial charge in [0.15, 0.2) is 5.65 Å². The maximum atomic E-state index is 11.6. The molecule has 0 unspecified atom stereocenters. The molecule has 0 atom stereocenters. The van der Waals surface area contributed by atoms with Crippen molar-refractivity contribution in [2.24, 2.45) is 7.05 Å². The molecule has 128 valence electrons. The van der Waals surface area contributed by atoms with Crippen LogP contribution in [0.15, 0.2) is 12.5 Å². The smallest absolute Gasteiger partial charge is 0.317 e. The molecule has 2 saturated heterocycles. The van der Waals surface area contributed by atoms with E-state index in [0.717, 1.165) is 69.2 Å². The first kappa shape index (κ1) is 15.1. The Morgan fingerprint density at radius 3 is 2.71 bits per heavy atom. The van der Waals surface area contributed by atoms with Crippen LogP contribution >= 0.6 is 0 Å². The standard InChI is InChI=1S/C15H22N8O/c1-20-13-12(10-19-20)14(18-11-17-13)22-7-4-21(5-8-22)6-9-23-3-2-16-15(23)24/h10-11H,2-9H2,1H3,(H,16,24). The summed E-state index contributed by atoms with van der Waals surface area (Å²) in [5, 5.41) is 8.13. The first-order valence-electron chi connectivity index (χ1n) is 8.35. The topological polar surface area (TPSA) is 82.4 Å². The van der Waals surface area contributed by atoms with Crippen molar-refractivity contribution < 1.29 is 4.79 Å². The van der Waals surface area contributed by atoms with Crippen molar-refractivity contribution in [3.05, 3.63) is 12.5 Å². The molecule has 2 aliphatic rings. The van der Waals surface area contributed by atoms with Gasteiger partial charge >= 0.3 is 6.03 Å². The van der Waals surface area contributed by atoms with Crippen LogP contribution in [0.5, 0.6) is 0 Å². The number of anilines is 1. The first-order valence-corrected chi connectivity index (χ1v) is 8.35. The molecule has 2 amide bonds. The monoisotopic (exact) mass is 330 g/mol. The Morgan fingerprint density at radius 2 is 1.96 bits per heavy atom. The number of aryl methyl sites for hydroxylation is 1. The average Bonchev–Trinajstić information content (AvgIpc) is 3.19. The normalized spacial score (nSPS) is 19.3. The lowest BCUT2D eigenvalue weighted by Crippen LogP contribution is -2.49.